The highest BCUT2D eigenvalue weighted by Gasteiger charge is 2.62. The molecule has 1 aromatic carbocycles. The molecular weight excluding hydrogens is 467 g/mol. The maximum atomic E-state index is 15.2. The predicted molar refractivity (Wildman–Crippen MR) is 117 cm³/mol. The van der Waals surface area contributed by atoms with Crippen LogP contribution in [0.4, 0.5) is 33.5 Å². The first-order valence-electron chi connectivity index (χ1n) is 11.0. The molecule has 11 heteroatoms. The molecule has 1 saturated carbocycles. The van der Waals surface area contributed by atoms with Gasteiger partial charge >= 0.3 is 6.18 Å². The maximum Gasteiger partial charge on any atom is 0.405 e. The average Bonchev–Trinajstić information content (AvgIpc) is 3.56. The van der Waals surface area contributed by atoms with Crippen molar-refractivity contribution in [2.45, 2.75) is 38.8 Å². The third kappa shape index (κ3) is 3.23. The monoisotopic (exact) mass is 484 g/mol. The Labute approximate surface area is 195 Å². The highest BCUT2D eigenvalue weighted by molar-refractivity contribution is 5.94. The summed E-state index contributed by atoms with van der Waals surface area (Å²) in [5.41, 5.74) is 0.0133. The number of anilines is 2. The molecule has 1 aliphatic carbocycles. The third-order valence-electron chi connectivity index (χ3n) is 6.67. The van der Waals surface area contributed by atoms with Gasteiger partial charge in [-0.1, -0.05) is 11.8 Å². The fraction of sp³-hybridized carbons (Fsp3) is 0.333. The number of nitrogens with zero attached hydrogens (tertiary/aromatic N) is 6. The maximum absolute atomic E-state index is 15.2. The van der Waals surface area contributed by atoms with Crippen LogP contribution < -0.4 is 4.90 Å². The molecule has 0 unspecified atom stereocenters. The van der Waals surface area contributed by atoms with Crippen molar-refractivity contribution in [2.75, 3.05) is 11.4 Å². The van der Waals surface area contributed by atoms with Gasteiger partial charge in [0.25, 0.3) is 5.78 Å². The van der Waals surface area contributed by atoms with Gasteiger partial charge in [-0.25, -0.2) is 8.78 Å². The lowest BCUT2D eigenvalue weighted by atomic mass is 9.97. The standard InChI is InChI=1S/C24H17F5N6/c1-13-32-33-22-31-21(19-17(35(13)22)5-4-16(25)20(19)26)34-10-2-3-15-14(11-30-12-18(15)34)6-7-23(8-9-23)24(27,28)29/h4-5,11-12H,2-3,8-10H2,1H3. The summed E-state index contributed by atoms with van der Waals surface area (Å²) in [6.07, 6.45) is -0.276. The van der Waals surface area contributed by atoms with Gasteiger partial charge in [0.05, 0.1) is 22.8 Å². The molecule has 0 bridgehead atoms. The quantitative estimate of drug-likeness (QED) is 0.280. The molecule has 6 nitrogen and oxygen atoms in total. The molecule has 4 aromatic rings. The van der Waals surface area contributed by atoms with Crippen LogP contribution in [0.2, 0.25) is 0 Å². The van der Waals surface area contributed by atoms with Crippen molar-refractivity contribution in [3.63, 3.8) is 0 Å². The lowest BCUT2D eigenvalue weighted by molar-refractivity contribution is -0.168. The number of pyridine rings is 1. The van der Waals surface area contributed by atoms with Gasteiger partial charge in [-0.05, 0) is 50.3 Å². The van der Waals surface area contributed by atoms with E-state index in [0.717, 1.165) is 6.07 Å². The molecule has 6 rings (SSSR count). The van der Waals surface area contributed by atoms with Crippen molar-refractivity contribution < 1.29 is 22.0 Å². The zero-order chi connectivity index (χ0) is 24.5. The van der Waals surface area contributed by atoms with E-state index in [1.54, 1.807) is 22.4 Å². The molecule has 2 aliphatic rings. The number of rotatable bonds is 1. The Morgan fingerprint density at radius 1 is 1.09 bits per heavy atom. The molecule has 0 N–H and O–H groups in total. The first-order valence-corrected chi connectivity index (χ1v) is 11.0. The Bertz CT molecular complexity index is 1580. The van der Waals surface area contributed by atoms with Crippen molar-refractivity contribution in [3.05, 3.63) is 53.1 Å². The Hall–Kier alpha value is -3.81. The number of benzene rings is 1. The molecule has 0 saturated heterocycles. The fourth-order valence-corrected chi connectivity index (χ4v) is 4.62. The van der Waals surface area contributed by atoms with Crippen molar-refractivity contribution in [2.24, 2.45) is 5.41 Å². The zero-order valence-electron chi connectivity index (χ0n) is 18.4. The first-order chi connectivity index (χ1) is 16.7. The second kappa shape index (κ2) is 7.34. The summed E-state index contributed by atoms with van der Waals surface area (Å²) in [5, 5.41) is 8.02. The highest BCUT2D eigenvalue weighted by Crippen LogP contribution is 2.57. The molecular formula is C24H17F5N6. The molecule has 3 aromatic heterocycles. The fourth-order valence-electron chi connectivity index (χ4n) is 4.62. The molecule has 1 aliphatic heterocycles. The summed E-state index contributed by atoms with van der Waals surface area (Å²) < 4.78 is 71.1. The lowest BCUT2D eigenvalue weighted by Gasteiger charge is -2.31. The van der Waals surface area contributed by atoms with Crippen LogP contribution in [0, 0.1) is 35.8 Å². The number of halogens is 5. The van der Waals surface area contributed by atoms with Gasteiger partial charge in [-0.2, -0.15) is 18.2 Å². The van der Waals surface area contributed by atoms with Crippen LogP contribution in [0.15, 0.2) is 24.5 Å². The van der Waals surface area contributed by atoms with Crippen LogP contribution >= 0.6 is 0 Å². The number of aromatic nitrogens is 5. The van der Waals surface area contributed by atoms with E-state index in [9.17, 15) is 17.6 Å². The molecule has 0 amide bonds. The van der Waals surface area contributed by atoms with E-state index in [-0.39, 0.29) is 29.8 Å². The van der Waals surface area contributed by atoms with Crippen LogP contribution in [-0.4, -0.2) is 37.3 Å². The summed E-state index contributed by atoms with van der Waals surface area (Å²) >= 11 is 0. The van der Waals surface area contributed by atoms with Crippen molar-refractivity contribution in [1.82, 2.24) is 24.6 Å². The van der Waals surface area contributed by atoms with Gasteiger partial charge in [0.1, 0.15) is 17.1 Å². The molecule has 35 heavy (non-hydrogen) atoms. The molecule has 1 fully saturated rings. The van der Waals surface area contributed by atoms with Crippen LogP contribution in [0.1, 0.15) is 36.2 Å². The summed E-state index contributed by atoms with van der Waals surface area (Å²) in [4.78, 5) is 10.4. The molecule has 4 heterocycles. The van der Waals surface area contributed by atoms with Crippen LogP contribution in [0.25, 0.3) is 16.7 Å². The van der Waals surface area contributed by atoms with Crippen molar-refractivity contribution in [1.29, 1.82) is 0 Å². The van der Waals surface area contributed by atoms with Crippen LogP contribution in [0.5, 0.6) is 0 Å². The predicted octanol–water partition coefficient (Wildman–Crippen LogP) is 5.04. The minimum atomic E-state index is -4.38. The minimum absolute atomic E-state index is 0.0173. The van der Waals surface area contributed by atoms with E-state index < -0.39 is 23.2 Å². The van der Waals surface area contributed by atoms with E-state index in [0.29, 0.717) is 47.5 Å². The van der Waals surface area contributed by atoms with Crippen LogP contribution in [-0.2, 0) is 6.42 Å². The summed E-state index contributed by atoms with van der Waals surface area (Å²) in [6.45, 7) is 2.10. The summed E-state index contributed by atoms with van der Waals surface area (Å²) in [6, 6.07) is 2.48. The van der Waals surface area contributed by atoms with E-state index in [1.165, 1.54) is 12.3 Å². The average molecular weight is 484 g/mol. The molecule has 0 atom stereocenters. The lowest BCUT2D eigenvalue weighted by Crippen LogP contribution is -2.27. The Morgan fingerprint density at radius 3 is 2.63 bits per heavy atom. The highest BCUT2D eigenvalue weighted by atomic mass is 19.4. The number of alkyl halides is 3. The van der Waals surface area contributed by atoms with E-state index in [1.807, 2.05) is 0 Å². The second-order valence-corrected chi connectivity index (χ2v) is 8.84. The minimum Gasteiger partial charge on any atom is -0.324 e. The van der Waals surface area contributed by atoms with Gasteiger partial charge in [0.15, 0.2) is 11.6 Å². The van der Waals surface area contributed by atoms with Gasteiger partial charge in [0, 0.05) is 18.3 Å². The molecule has 178 valence electrons. The Balaban J connectivity index is 1.54. The number of hydrogen-bond donors (Lipinski definition) is 0. The van der Waals surface area contributed by atoms with Gasteiger partial charge in [0.2, 0.25) is 0 Å². The summed E-state index contributed by atoms with van der Waals surface area (Å²) in [7, 11) is 0. The van der Waals surface area contributed by atoms with Gasteiger partial charge < -0.3 is 4.90 Å². The molecule has 0 spiro atoms. The number of hydrogen-bond acceptors (Lipinski definition) is 5. The Kier molecular flexibility index (Phi) is 4.55. The largest absolute Gasteiger partial charge is 0.405 e. The summed E-state index contributed by atoms with van der Waals surface area (Å²) in [5.74, 6) is 3.86. The number of aryl methyl sites for hydroxylation is 1. The molecule has 0 radical (unpaired) electrons. The van der Waals surface area contributed by atoms with Gasteiger partial charge in [-0.15, -0.1) is 10.2 Å². The number of fused-ring (bicyclic) bond motifs is 4. The van der Waals surface area contributed by atoms with Crippen LogP contribution in [0.3, 0.4) is 0 Å². The Morgan fingerprint density at radius 2 is 1.89 bits per heavy atom. The SMILES string of the molecule is Cc1nnc2nc(N3CCCc4c(C#CC5(C(F)(F)F)CC5)cncc43)c3c(F)c(F)ccc3n12. The van der Waals surface area contributed by atoms with E-state index in [2.05, 4.69) is 32.0 Å². The normalized spacial score (nSPS) is 16.8. The first kappa shape index (κ1) is 21.7. The third-order valence-corrected chi connectivity index (χ3v) is 6.67. The van der Waals surface area contributed by atoms with Crippen molar-refractivity contribution >= 4 is 28.2 Å². The zero-order valence-corrected chi connectivity index (χ0v) is 18.4. The van der Waals surface area contributed by atoms with E-state index in [4.69, 9.17) is 0 Å². The van der Waals surface area contributed by atoms with Gasteiger partial charge in [-0.3, -0.25) is 9.38 Å². The van der Waals surface area contributed by atoms with Crippen molar-refractivity contribution in [3.8, 4) is 11.8 Å². The van der Waals surface area contributed by atoms with E-state index >= 15 is 4.39 Å². The second-order valence-electron chi connectivity index (χ2n) is 8.84. The smallest absolute Gasteiger partial charge is 0.324 e. The topological polar surface area (TPSA) is 59.2 Å².